The molecule has 0 saturated carbocycles. The minimum absolute atomic E-state index is 0.530. The predicted octanol–water partition coefficient (Wildman–Crippen LogP) is 0.708. The third-order valence-electron chi connectivity index (χ3n) is 2.68. The number of hydrogen-bond donors (Lipinski definition) is 4. The summed E-state index contributed by atoms with van der Waals surface area (Å²) < 4.78 is 0. The van der Waals surface area contributed by atoms with Gasteiger partial charge in [-0.3, -0.25) is 0 Å². The van der Waals surface area contributed by atoms with Crippen molar-refractivity contribution in [2.24, 2.45) is 0 Å². The number of urea groups is 1. The largest absolute Gasteiger partial charge is 0.480 e. The van der Waals surface area contributed by atoms with Crippen LogP contribution in [0.15, 0.2) is 24.3 Å². The molecule has 1 aromatic rings. The zero-order valence-electron chi connectivity index (χ0n) is 11.6. The van der Waals surface area contributed by atoms with E-state index in [2.05, 4.69) is 10.6 Å². The Labute approximate surface area is 117 Å². The van der Waals surface area contributed by atoms with Crippen LogP contribution < -0.4 is 15.5 Å². The topological polar surface area (TPSA) is 102 Å². The molecule has 20 heavy (non-hydrogen) atoms. The maximum absolute atomic E-state index is 11.6. The molecular formula is C13H19N3O4. The number of aliphatic hydroxyl groups is 1. The van der Waals surface area contributed by atoms with E-state index in [1.807, 2.05) is 31.1 Å². The second-order valence-electron chi connectivity index (χ2n) is 4.60. The Bertz CT molecular complexity index is 471. The SMILES string of the molecule is C[C@@H](O)[C@H](NC(=O)Nc1ccc(N(C)C)cc1)C(=O)O. The lowest BCUT2D eigenvalue weighted by molar-refractivity contribution is -0.141. The molecule has 0 bridgehead atoms. The van der Waals surface area contributed by atoms with Gasteiger partial charge in [0.1, 0.15) is 0 Å². The minimum atomic E-state index is -1.35. The molecule has 0 radical (unpaired) electrons. The second kappa shape index (κ2) is 6.76. The van der Waals surface area contributed by atoms with E-state index in [4.69, 9.17) is 5.11 Å². The molecule has 0 heterocycles. The summed E-state index contributed by atoms with van der Waals surface area (Å²) in [5, 5.41) is 22.8. The number of carboxylic acids is 1. The Morgan fingerprint density at radius 2 is 1.75 bits per heavy atom. The number of amides is 2. The van der Waals surface area contributed by atoms with Gasteiger partial charge in [-0.05, 0) is 31.2 Å². The van der Waals surface area contributed by atoms with Gasteiger partial charge in [-0.25, -0.2) is 9.59 Å². The van der Waals surface area contributed by atoms with Crippen LogP contribution in [-0.2, 0) is 4.79 Å². The molecule has 0 aliphatic heterocycles. The number of nitrogens with zero attached hydrogens (tertiary/aromatic N) is 1. The first-order chi connectivity index (χ1) is 9.31. The first-order valence-corrected chi connectivity index (χ1v) is 6.07. The van der Waals surface area contributed by atoms with Gasteiger partial charge < -0.3 is 25.7 Å². The standard InChI is InChI=1S/C13H19N3O4/c1-8(17)11(12(18)19)15-13(20)14-9-4-6-10(7-5-9)16(2)3/h4-8,11,17H,1-3H3,(H,18,19)(H2,14,15,20)/t8-,11+/m1/s1. The van der Waals surface area contributed by atoms with Crippen molar-refractivity contribution in [1.82, 2.24) is 5.32 Å². The Balaban J connectivity index is 2.64. The summed E-state index contributed by atoms with van der Waals surface area (Å²) in [6, 6.07) is 5.00. The summed E-state index contributed by atoms with van der Waals surface area (Å²) in [4.78, 5) is 24.4. The first kappa shape index (κ1) is 15.8. The zero-order chi connectivity index (χ0) is 15.3. The summed E-state index contributed by atoms with van der Waals surface area (Å²) >= 11 is 0. The van der Waals surface area contributed by atoms with E-state index in [0.29, 0.717) is 5.69 Å². The Hall–Kier alpha value is -2.28. The van der Waals surface area contributed by atoms with E-state index in [0.717, 1.165) is 5.69 Å². The van der Waals surface area contributed by atoms with Gasteiger partial charge in [-0.2, -0.15) is 0 Å². The fraction of sp³-hybridized carbons (Fsp3) is 0.385. The predicted molar refractivity (Wildman–Crippen MR) is 76.0 cm³/mol. The highest BCUT2D eigenvalue weighted by atomic mass is 16.4. The number of aliphatic hydroxyl groups excluding tert-OH is 1. The van der Waals surface area contributed by atoms with Crippen LogP contribution in [0.3, 0.4) is 0 Å². The van der Waals surface area contributed by atoms with E-state index >= 15 is 0 Å². The van der Waals surface area contributed by atoms with Gasteiger partial charge in [-0.1, -0.05) is 0 Å². The molecule has 4 N–H and O–H groups in total. The van der Waals surface area contributed by atoms with Crippen LogP contribution in [-0.4, -0.2) is 48.5 Å². The monoisotopic (exact) mass is 281 g/mol. The van der Waals surface area contributed by atoms with E-state index in [9.17, 15) is 14.7 Å². The highest BCUT2D eigenvalue weighted by Crippen LogP contribution is 2.15. The molecule has 0 aliphatic carbocycles. The molecule has 0 spiro atoms. The van der Waals surface area contributed by atoms with Crippen molar-refractivity contribution >= 4 is 23.4 Å². The lowest BCUT2D eigenvalue weighted by Gasteiger charge is -2.18. The number of anilines is 2. The third-order valence-corrected chi connectivity index (χ3v) is 2.68. The smallest absolute Gasteiger partial charge is 0.328 e. The van der Waals surface area contributed by atoms with Crippen molar-refractivity contribution in [3.63, 3.8) is 0 Å². The number of hydrogen-bond acceptors (Lipinski definition) is 4. The third kappa shape index (κ3) is 4.43. The number of aliphatic carboxylic acids is 1. The average Bonchev–Trinajstić information content (AvgIpc) is 2.35. The van der Waals surface area contributed by atoms with Gasteiger partial charge in [0.2, 0.25) is 0 Å². The molecule has 2 atom stereocenters. The van der Waals surface area contributed by atoms with Crippen LogP contribution in [0, 0.1) is 0 Å². The van der Waals surface area contributed by atoms with Crippen LogP contribution in [0.5, 0.6) is 0 Å². The van der Waals surface area contributed by atoms with Crippen LogP contribution in [0.4, 0.5) is 16.2 Å². The highest BCUT2D eigenvalue weighted by Gasteiger charge is 2.24. The number of carboxylic acid groups (broad SMARTS) is 1. The molecular weight excluding hydrogens is 262 g/mol. The lowest BCUT2D eigenvalue weighted by atomic mass is 10.2. The number of carbonyl (C=O) groups excluding carboxylic acids is 1. The summed E-state index contributed by atoms with van der Waals surface area (Å²) in [6.07, 6.45) is -1.19. The normalized spacial score (nSPS) is 13.2. The summed E-state index contributed by atoms with van der Waals surface area (Å²) in [5.74, 6) is -1.29. The minimum Gasteiger partial charge on any atom is -0.480 e. The molecule has 0 aromatic heterocycles. The summed E-state index contributed by atoms with van der Waals surface area (Å²) in [6.45, 7) is 1.30. The molecule has 110 valence electrons. The van der Waals surface area contributed by atoms with Crippen molar-refractivity contribution in [1.29, 1.82) is 0 Å². The van der Waals surface area contributed by atoms with Crippen molar-refractivity contribution in [2.75, 3.05) is 24.3 Å². The zero-order valence-corrected chi connectivity index (χ0v) is 11.6. The average molecular weight is 281 g/mol. The van der Waals surface area contributed by atoms with Gasteiger partial charge in [0.25, 0.3) is 0 Å². The van der Waals surface area contributed by atoms with Gasteiger partial charge in [0.15, 0.2) is 6.04 Å². The molecule has 1 aromatic carbocycles. The van der Waals surface area contributed by atoms with E-state index in [-0.39, 0.29) is 0 Å². The molecule has 0 fully saturated rings. The number of carbonyl (C=O) groups is 2. The van der Waals surface area contributed by atoms with Crippen molar-refractivity contribution in [3.8, 4) is 0 Å². The van der Waals surface area contributed by atoms with Crippen LogP contribution in [0.1, 0.15) is 6.92 Å². The number of rotatable bonds is 5. The van der Waals surface area contributed by atoms with Gasteiger partial charge in [0.05, 0.1) is 6.10 Å². The molecule has 0 unspecified atom stereocenters. The molecule has 0 saturated heterocycles. The molecule has 1 rings (SSSR count). The van der Waals surface area contributed by atoms with Crippen molar-refractivity contribution in [2.45, 2.75) is 19.1 Å². The van der Waals surface area contributed by atoms with E-state index < -0.39 is 24.1 Å². The summed E-state index contributed by atoms with van der Waals surface area (Å²) in [5.41, 5.74) is 1.51. The van der Waals surface area contributed by atoms with Crippen LogP contribution >= 0.6 is 0 Å². The molecule has 0 aliphatic rings. The highest BCUT2D eigenvalue weighted by molar-refractivity contribution is 5.92. The fourth-order valence-electron chi connectivity index (χ4n) is 1.54. The Morgan fingerprint density at radius 3 is 2.15 bits per heavy atom. The number of benzene rings is 1. The van der Waals surface area contributed by atoms with Gasteiger partial charge >= 0.3 is 12.0 Å². The second-order valence-corrected chi connectivity index (χ2v) is 4.60. The molecule has 7 nitrogen and oxygen atoms in total. The van der Waals surface area contributed by atoms with Crippen LogP contribution in [0.25, 0.3) is 0 Å². The van der Waals surface area contributed by atoms with Crippen molar-refractivity contribution in [3.05, 3.63) is 24.3 Å². The quantitative estimate of drug-likeness (QED) is 0.636. The van der Waals surface area contributed by atoms with E-state index in [1.165, 1.54) is 6.92 Å². The Morgan fingerprint density at radius 1 is 1.20 bits per heavy atom. The maximum atomic E-state index is 11.6. The molecule has 2 amide bonds. The summed E-state index contributed by atoms with van der Waals surface area (Å²) in [7, 11) is 3.80. The fourth-order valence-corrected chi connectivity index (χ4v) is 1.54. The van der Waals surface area contributed by atoms with Crippen LogP contribution in [0.2, 0.25) is 0 Å². The lowest BCUT2D eigenvalue weighted by Crippen LogP contribution is -2.49. The van der Waals surface area contributed by atoms with Gasteiger partial charge in [-0.15, -0.1) is 0 Å². The van der Waals surface area contributed by atoms with Crippen molar-refractivity contribution < 1.29 is 19.8 Å². The Kier molecular flexibility index (Phi) is 5.33. The van der Waals surface area contributed by atoms with Gasteiger partial charge in [0, 0.05) is 25.5 Å². The number of nitrogens with one attached hydrogen (secondary N) is 2. The maximum Gasteiger partial charge on any atom is 0.328 e. The van der Waals surface area contributed by atoms with E-state index in [1.54, 1.807) is 12.1 Å². The molecule has 7 heteroatoms. The first-order valence-electron chi connectivity index (χ1n) is 6.07.